The zero-order valence-corrected chi connectivity index (χ0v) is 15.8. The van der Waals surface area contributed by atoms with Crippen LogP contribution in [0.5, 0.6) is 17.2 Å². The maximum absolute atomic E-state index is 11.3. The molecule has 1 atom stereocenters. The van der Waals surface area contributed by atoms with Crippen LogP contribution in [0.4, 0.5) is 10.5 Å². The molecule has 0 bridgehead atoms. The number of hydrogen-bond acceptors (Lipinski definition) is 5. The maximum Gasteiger partial charge on any atom is 0.329 e. The van der Waals surface area contributed by atoms with E-state index in [4.69, 9.17) is 19.9 Å². The molecule has 0 fully saturated rings. The maximum atomic E-state index is 11.3. The number of carbonyl (C=O) groups excluding carboxylic acids is 1. The monoisotopic (exact) mass is 376 g/mol. The first-order valence-corrected chi connectivity index (χ1v) is 8.79. The number of anilines is 1. The lowest BCUT2D eigenvalue weighted by molar-refractivity contribution is -0.00218. The molecule has 0 saturated carbocycles. The van der Waals surface area contributed by atoms with Crippen LogP contribution >= 0.6 is 12.8 Å². The van der Waals surface area contributed by atoms with Gasteiger partial charge in [-0.25, -0.2) is 9.10 Å². The number of nitrogens with zero attached hydrogens (tertiary/aromatic N) is 1. The van der Waals surface area contributed by atoms with Gasteiger partial charge in [0.05, 0.1) is 12.8 Å². The van der Waals surface area contributed by atoms with Crippen molar-refractivity contribution in [1.29, 1.82) is 0 Å². The molecule has 1 unspecified atom stereocenters. The van der Waals surface area contributed by atoms with Crippen LogP contribution in [0.3, 0.4) is 0 Å². The Bertz CT molecular complexity index is 726. The van der Waals surface area contributed by atoms with Gasteiger partial charge in [0.1, 0.15) is 17.2 Å². The van der Waals surface area contributed by atoms with Gasteiger partial charge in [-0.15, -0.1) is 0 Å². The minimum absolute atomic E-state index is 0.473. The van der Waals surface area contributed by atoms with Gasteiger partial charge in [0.25, 0.3) is 0 Å². The summed E-state index contributed by atoms with van der Waals surface area (Å²) < 4.78 is 18.2. The molecule has 6 nitrogen and oxygen atoms in total. The average Bonchev–Trinajstić information content (AvgIpc) is 2.65. The number of thiol groups is 1. The van der Waals surface area contributed by atoms with Crippen molar-refractivity contribution >= 4 is 24.5 Å². The predicted molar refractivity (Wildman–Crippen MR) is 105 cm³/mol. The fraction of sp³-hybridized carbons (Fsp3) is 0.316. The molecule has 0 aliphatic rings. The number of methoxy groups -OCH3 is 1. The molecule has 26 heavy (non-hydrogen) atoms. The lowest BCUT2D eigenvalue weighted by Gasteiger charge is -2.21. The van der Waals surface area contributed by atoms with Gasteiger partial charge in [-0.1, -0.05) is 38.3 Å². The van der Waals surface area contributed by atoms with Crippen molar-refractivity contribution in [3.05, 3.63) is 48.5 Å². The number of primary amides is 1. The van der Waals surface area contributed by atoms with Crippen molar-refractivity contribution in [3.8, 4) is 17.2 Å². The van der Waals surface area contributed by atoms with Crippen LogP contribution in [-0.2, 0) is 0 Å². The van der Waals surface area contributed by atoms with E-state index < -0.39 is 12.3 Å². The molecule has 2 N–H and O–H groups in total. The normalized spacial score (nSPS) is 11.5. The van der Waals surface area contributed by atoms with E-state index in [-0.39, 0.29) is 0 Å². The zero-order chi connectivity index (χ0) is 18.9. The second-order valence-corrected chi connectivity index (χ2v) is 6.03. The summed E-state index contributed by atoms with van der Waals surface area (Å²) in [7, 11) is 1.61. The quantitative estimate of drug-likeness (QED) is 0.502. The van der Waals surface area contributed by atoms with E-state index in [0.717, 1.165) is 23.6 Å². The van der Waals surface area contributed by atoms with Crippen LogP contribution in [0.2, 0.25) is 0 Å². The van der Waals surface area contributed by atoms with Gasteiger partial charge in [-0.3, -0.25) is 0 Å². The van der Waals surface area contributed by atoms with E-state index in [2.05, 4.69) is 19.7 Å². The van der Waals surface area contributed by atoms with Gasteiger partial charge >= 0.3 is 6.03 Å². The predicted octanol–water partition coefficient (Wildman–Crippen LogP) is 4.40. The number of ether oxygens (including phenoxy) is 3. The van der Waals surface area contributed by atoms with E-state index in [1.54, 1.807) is 37.4 Å². The summed E-state index contributed by atoms with van der Waals surface area (Å²) in [6.45, 7) is 2.11. The second-order valence-electron chi connectivity index (χ2n) is 5.63. The van der Waals surface area contributed by atoms with Gasteiger partial charge in [0, 0.05) is 18.6 Å². The Balaban J connectivity index is 2.14. The summed E-state index contributed by atoms with van der Waals surface area (Å²) >= 11 is 4.07. The third-order valence-corrected chi connectivity index (χ3v) is 4.07. The molecule has 0 aromatic heterocycles. The highest BCUT2D eigenvalue weighted by Crippen LogP contribution is 2.26. The first-order valence-electron chi connectivity index (χ1n) is 8.39. The summed E-state index contributed by atoms with van der Waals surface area (Å²) in [6, 6.07) is 13.7. The molecule has 2 aromatic rings. The van der Waals surface area contributed by atoms with E-state index >= 15 is 0 Å². The van der Waals surface area contributed by atoms with Gasteiger partial charge in [-0.2, -0.15) is 0 Å². The van der Waals surface area contributed by atoms with Crippen LogP contribution in [-0.4, -0.2) is 19.4 Å². The standard InChI is InChI=1S/C19H24N2O4S/c1-3-4-11-18(25-17-10-6-8-15(13-17)23-2)24-16-9-5-7-14(12-16)21(26)19(20)22/h5-10,12-13,18,26H,3-4,11H2,1-2H3,(H2,20,22). The summed E-state index contributed by atoms with van der Waals surface area (Å²) in [5.74, 6) is 1.94. The lowest BCUT2D eigenvalue weighted by atomic mass is 10.2. The smallest absolute Gasteiger partial charge is 0.329 e. The molecule has 0 heterocycles. The molecule has 7 heteroatoms. The van der Waals surface area contributed by atoms with Crippen molar-refractivity contribution in [1.82, 2.24) is 0 Å². The number of nitrogens with two attached hydrogens (primary N) is 1. The Kier molecular flexibility index (Phi) is 7.47. The minimum Gasteiger partial charge on any atom is -0.497 e. The lowest BCUT2D eigenvalue weighted by Crippen LogP contribution is -2.27. The van der Waals surface area contributed by atoms with Gasteiger partial charge in [0.15, 0.2) is 0 Å². The van der Waals surface area contributed by atoms with E-state index in [1.165, 1.54) is 0 Å². The Hall–Kier alpha value is -2.54. The summed E-state index contributed by atoms with van der Waals surface area (Å²) in [4.78, 5) is 11.3. The Morgan fingerprint density at radius 1 is 1.12 bits per heavy atom. The average molecular weight is 376 g/mol. The van der Waals surface area contributed by atoms with Crippen molar-refractivity contribution in [3.63, 3.8) is 0 Å². The summed E-state index contributed by atoms with van der Waals surface area (Å²) in [5.41, 5.74) is 5.77. The summed E-state index contributed by atoms with van der Waals surface area (Å²) in [6.07, 6.45) is 2.22. The fourth-order valence-corrected chi connectivity index (χ4v) is 2.43. The number of carbonyl (C=O) groups is 1. The number of unbranched alkanes of at least 4 members (excludes halogenated alkanes) is 1. The van der Waals surface area contributed by atoms with Crippen LogP contribution in [0.25, 0.3) is 0 Å². The van der Waals surface area contributed by atoms with Crippen LogP contribution in [0.1, 0.15) is 26.2 Å². The number of benzene rings is 2. The highest BCUT2D eigenvalue weighted by molar-refractivity contribution is 7.82. The van der Waals surface area contributed by atoms with Crippen molar-refractivity contribution in [2.45, 2.75) is 32.5 Å². The van der Waals surface area contributed by atoms with Crippen molar-refractivity contribution in [2.24, 2.45) is 5.73 Å². The number of amides is 2. The largest absolute Gasteiger partial charge is 0.497 e. The third-order valence-electron chi connectivity index (χ3n) is 3.64. The molecule has 0 radical (unpaired) electrons. The number of urea groups is 1. The van der Waals surface area contributed by atoms with Gasteiger partial charge < -0.3 is 19.9 Å². The Morgan fingerprint density at radius 2 is 1.73 bits per heavy atom. The second kappa shape index (κ2) is 9.82. The molecule has 2 amide bonds. The van der Waals surface area contributed by atoms with Crippen molar-refractivity contribution < 1.29 is 19.0 Å². The Labute approximate surface area is 159 Å². The molecule has 0 aliphatic heterocycles. The molecule has 0 saturated heterocycles. The fourth-order valence-electron chi connectivity index (χ4n) is 2.31. The molecular weight excluding hydrogens is 352 g/mol. The molecular formula is C19H24N2O4S. The first-order chi connectivity index (χ1) is 12.5. The molecule has 0 spiro atoms. The third kappa shape index (κ3) is 5.77. The summed E-state index contributed by atoms with van der Waals surface area (Å²) in [5, 5.41) is 0. The number of rotatable bonds is 9. The van der Waals surface area contributed by atoms with E-state index in [0.29, 0.717) is 22.9 Å². The van der Waals surface area contributed by atoms with Gasteiger partial charge in [-0.05, 0) is 30.7 Å². The van der Waals surface area contributed by atoms with Gasteiger partial charge in [0.2, 0.25) is 6.29 Å². The molecule has 2 rings (SSSR count). The molecule has 0 aliphatic carbocycles. The number of hydrogen-bond donors (Lipinski definition) is 2. The minimum atomic E-state index is -0.666. The van der Waals surface area contributed by atoms with Crippen LogP contribution < -0.4 is 24.2 Å². The zero-order valence-electron chi connectivity index (χ0n) is 14.9. The highest BCUT2D eigenvalue weighted by Gasteiger charge is 2.14. The van der Waals surface area contributed by atoms with Crippen LogP contribution in [0.15, 0.2) is 48.5 Å². The van der Waals surface area contributed by atoms with E-state index in [1.807, 2.05) is 18.2 Å². The van der Waals surface area contributed by atoms with Crippen molar-refractivity contribution in [2.75, 3.05) is 11.4 Å². The Morgan fingerprint density at radius 3 is 2.35 bits per heavy atom. The topological polar surface area (TPSA) is 74.0 Å². The van der Waals surface area contributed by atoms with E-state index in [9.17, 15) is 4.79 Å². The first kappa shape index (κ1) is 19.8. The SMILES string of the molecule is CCCCC(Oc1cccc(OC)c1)Oc1cccc(N(S)C(N)=O)c1. The molecule has 2 aromatic carbocycles. The van der Waals surface area contributed by atoms with Crippen LogP contribution in [0, 0.1) is 0 Å². The molecule has 140 valence electrons. The highest BCUT2D eigenvalue weighted by atomic mass is 32.1.